The van der Waals surface area contributed by atoms with Gasteiger partial charge in [0.25, 0.3) is 10.1 Å². The van der Waals surface area contributed by atoms with Crippen LogP contribution in [-0.4, -0.2) is 71.1 Å². The zero-order valence-electron chi connectivity index (χ0n) is 26.7. The topological polar surface area (TPSA) is 204 Å². The summed E-state index contributed by atoms with van der Waals surface area (Å²) in [7, 11) is -9.23. The molecule has 4 aliphatic rings. The summed E-state index contributed by atoms with van der Waals surface area (Å²) in [5.41, 5.74) is 0.369. The second-order valence-electron chi connectivity index (χ2n) is 13.7. The van der Waals surface area contributed by atoms with Gasteiger partial charge in [-0.2, -0.15) is 8.42 Å². The Balaban J connectivity index is 0.00000122. The molecule has 11 atom stereocenters. The first-order valence-electron chi connectivity index (χ1n) is 15.1. The Kier molecular flexibility index (Phi) is 16.2. The van der Waals surface area contributed by atoms with Crippen LogP contribution in [0.5, 0.6) is 0 Å². The number of nitrogens with one attached hydrogen (secondary N) is 1. The van der Waals surface area contributed by atoms with Crippen LogP contribution < -0.4 is 64.4 Å². The summed E-state index contributed by atoms with van der Waals surface area (Å²) in [5, 5.41) is 24.9. The standard InChI is InChI=1S/C28H49NO6S.2Na.H2O4S/c1-5-19-23-16-18(30)10-12-28(23,4)22-11-13-27(3)20(7-8-21(27)25(22)26(19)32)17(2)6-9-24(31)29-14-15-36(33,34)35;;;1-5(2,3)4/h17-23,25-26,30,32H,5-16H2,1-4H3,(H,29,31)(H,33,34,35);;;(H2,1,2,3,4)/q;2*+1;/p-2/t17?,18-,19+,20+,21-,22-,23-,25-,26+,27+,28+;;;/m0.../s1. The van der Waals surface area contributed by atoms with E-state index in [1.807, 2.05) is 0 Å². The van der Waals surface area contributed by atoms with Crippen molar-refractivity contribution in [2.24, 2.45) is 52.3 Å². The maximum absolute atomic E-state index is 12.3. The van der Waals surface area contributed by atoms with Crippen molar-refractivity contribution in [2.45, 2.75) is 104 Å². The van der Waals surface area contributed by atoms with Gasteiger partial charge in [-0.05, 0) is 104 Å². The van der Waals surface area contributed by atoms with Crippen molar-refractivity contribution in [3.05, 3.63) is 0 Å². The van der Waals surface area contributed by atoms with Crippen molar-refractivity contribution in [2.75, 3.05) is 12.3 Å². The Morgan fingerprint density at radius 3 is 2.07 bits per heavy atom. The number of fused-ring (bicyclic) bond motifs is 5. The molecule has 4 saturated carbocycles. The van der Waals surface area contributed by atoms with Gasteiger partial charge < -0.3 is 24.6 Å². The van der Waals surface area contributed by atoms with E-state index in [1.165, 1.54) is 6.42 Å². The van der Waals surface area contributed by atoms with Crippen LogP contribution in [0.3, 0.4) is 0 Å². The van der Waals surface area contributed by atoms with E-state index in [-0.39, 0.29) is 101 Å². The van der Waals surface area contributed by atoms with Gasteiger partial charge in [0, 0.05) is 23.4 Å². The smallest absolute Gasteiger partial charge is 0.759 e. The quantitative estimate of drug-likeness (QED) is 0.115. The minimum absolute atomic E-state index is 0. The van der Waals surface area contributed by atoms with Gasteiger partial charge in [0.2, 0.25) is 5.91 Å². The molecule has 0 heterocycles. The number of aliphatic hydroxyl groups is 2. The third-order valence-electron chi connectivity index (χ3n) is 11.7. The van der Waals surface area contributed by atoms with Crippen molar-refractivity contribution in [3.8, 4) is 0 Å². The number of carbonyl (C=O) groups excluding carboxylic acids is 1. The maximum atomic E-state index is 12.3. The van der Waals surface area contributed by atoms with Crippen LogP contribution in [0.25, 0.3) is 0 Å². The molecule has 0 radical (unpaired) electrons. The van der Waals surface area contributed by atoms with E-state index in [0.29, 0.717) is 41.9 Å². The largest absolute Gasteiger partial charge is 1.00 e. The van der Waals surface area contributed by atoms with Gasteiger partial charge in [-0.1, -0.05) is 34.1 Å². The predicted octanol–water partition coefficient (Wildman–Crippen LogP) is -3.30. The number of aliphatic hydroxyl groups excluding tert-OH is 2. The van der Waals surface area contributed by atoms with Gasteiger partial charge in [-0.3, -0.25) is 17.8 Å². The zero-order chi connectivity index (χ0) is 31.0. The average Bonchev–Trinajstić information content (AvgIpc) is 3.19. The maximum Gasteiger partial charge on any atom is 1.00 e. The fraction of sp³-hybridized carbons (Fsp3) is 0.964. The monoisotopic (exact) mass is 669 g/mol. The van der Waals surface area contributed by atoms with Crippen LogP contribution in [-0.2, 0) is 25.3 Å². The van der Waals surface area contributed by atoms with Crippen LogP contribution in [0.15, 0.2) is 0 Å². The summed E-state index contributed by atoms with van der Waals surface area (Å²) in [5.74, 6) is 2.28. The molecule has 1 amide bonds. The van der Waals surface area contributed by atoms with Gasteiger partial charge in [0.1, 0.15) is 0 Å². The third kappa shape index (κ3) is 10.3. The second kappa shape index (κ2) is 16.5. The number of rotatable bonds is 8. The Morgan fingerprint density at radius 1 is 0.953 bits per heavy atom. The summed E-state index contributed by atoms with van der Waals surface area (Å²) in [4.78, 5) is 12.3. The predicted molar refractivity (Wildman–Crippen MR) is 150 cm³/mol. The second-order valence-corrected chi connectivity index (χ2v) is 16.1. The Labute approximate surface area is 302 Å². The van der Waals surface area contributed by atoms with Crippen molar-refractivity contribution >= 4 is 26.4 Å². The Bertz CT molecular complexity index is 1130. The molecule has 0 aromatic heterocycles. The SMILES string of the molecule is CC[C@H]1[C@@H](O)[C@@H]2[C@H](CC[C@]3(C)[C@@H](C(C)CCC(=O)NCCS(=O)(=O)O)CC[C@@H]23)[C@@]2(C)CC[C@H](O)C[C@@H]12.O=S(=O)([O-])[O-].[Na+].[Na+]. The van der Waals surface area contributed by atoms with Crippen molar-refractivity contribution < 1.29 is 105 Å². The number of carbonyl (C=O) groups is 1. The van der Waals surface area contributed by atoms with E-state index < -0.39 is 26.3 Å². The van der Waals surface area contributed by atoms with Crippen LogP contribution in [0.1, 0.15) is 91.9 Å². The molecular formula is C28H49NNa2O10S2. The molecule has 0 aromatic rings. The third-order valence-corrected chi connectivity index (χ3v) is 12.4. The first kappa shape index (κ1) is 42.2. The molecule has 15 heteroatoms. The summed E-state index contributed by atoms with van der Waals surface area (Å²) in [6.07, 6.45) is 8.95. The molecule has 4 aliphatic carbocycles. The molecule has 1 unspecified atom stereocenters. The average molecular weight is 670 g/mol. The zero-order valence-corrected chi connectivity index (χ0v) is 32.3. The summed E-state index contributed by atoms with van der Waals surface area (Å²) >= 11 is 0. The van der Waals surface area contributed by atoms with E-state index in [2.05, 4.69) is 33.0 Å². The van der Waals surface area contributed by atoms with Crippen molar-refractivity contribution in [3.63, 3.8) is 0 Å². The minimum Gasteiger partial charge on any atom is -0.759 e. The molecule has 0 saturated heterocycles. The number of hydrogen-bond acceptors (Lipinski definition) is 9. The van der Waals surface area contributed by atoms with Gasteiger partial charge >= 0.3 is 59.1 Å². The first-order chi connectivity index (χ1) is 18.8. The number of amides is 1. The van der Waals surface area contributed by atoms with E-state index >= 15 is 0 Å². The Morgan fingerprint density at radius 2 is 1.51 bits per heavy atom. The first-order valence-corrected chi connectivity index (χ1v) is 18.0. The van der Waals surface area contributed by atoms with E-state index in [9.17, 15) is 23.4 Å². The molecular weight excluding hydrogens is 620 g/mol. The normalized spacial score (nSPS) is 39.3. The molecule has 0 aromatic carbocycles. The van der Waals surface area contributed by atoms with Crippen molar-refractivity contribution in [1.82, 2.24) is 5.32 Å². The van der Waals surface area contributed by atoms with Gasteiger partial charge in [-0.25, -0.2) is 0 Å². The van der Waals surface area contributed by atoms with Crippen LogP contribution in [0.2, 0.25) is 0 Å². The van der Waals surface area contributed by atoms with Crippen molar-refractivity contribution in [1.29, 1.82) is 0 Å². The fourth-order valence-electron chi connectivity index (χ4n) is 9.90. The summed E-state index contributed by atoms with van der Waals surface area (Å²) in [6.45, 7) is 9.31. The van der Waals surface area contributed by atoms with Crippen LogP contribution >= 0.6 is 0 Å². The van der Waals surface area contributed by atoms with Crippen LogP contribution in [0, 0.1) is 52.3 Å². The van der Waals surface area contributed by atoms with Gasteiger partial charge in [0.05, 0.1) is 18.0 Å². The van der Waals surface area contributed by atoms with Gasteiger partial charge in [0.15, 0.2) is 0 Å². The molecule has 4 N–H and O–H groups in total. The van der Waals surface area contributed by atoms with E-state index in [0.717, 1.165) is 51.4 Å². The molecule has 43 heavy (non-hydrogen) atoms. The van der Waals surface area contributed by atoms with Gasteiger partial charge in [-0.15, -0.1) is 0 Å². The Hall–Kier alpha value is 1.17. The summed E-state index contributed by atoms with van der Waals surface area (Å²) < 4.78 is 64.7. The minimum atomic E-state index is -5.17. The van der Waals surface area contributed by atoms with E-state index in [1.54, 1.807) is 0 Å². The molecule has 4 fully saturated rings. The molecule has 0 spiro atoms. The molecule has 0 bridgehead atoms. The molecule has 11 nitrogen and oxygen atoms in total. The van der Waals surface area contributed by atoms with E-state index in [4.69, 9.17) is 22.1 Å². The van der Waals surface area contributed by atoms with Crippen LogP contribution in [0.4, 0.5) is 0 Å². The summed E-state index contributed by atoms with van der Waals surface area (Å²) in [6, 6.07) is 0. The molecule has 240 valence electrons. The molecule has 0 aliphatic heterocycles. The number of hydrogen-bond donors (Lipinski definition) is 4. The fourth-order valence-corrected chi connectivity index (χ4v) is 10.3. The molecule has 4 rings (SSSR count).